The van der Waals surface area contributed by atoms with Crippen LogP contribution >= 0.6 is 23.1 Å². The lowest BCUT2D eigenvalue weighted by molar-refractivity contribution is -0.132. The Balaban J connectivity index is 1.48. The monoisotopic (exact) mass is 359 g/mol. The summed E-state index contributed by atoms with van der Waals surface area (Å²) in [4.78, 5) is 17.7. The van der Waals surface area contributed by atoms with Gasteiger partial charge in [0.05, 0.1) is 17.9 Å². The molecule has 1 amide bonds. The summed E-state index contributed by atoms with van der Waals surface area (Å²) in [6, 6.07) is 12.5. The lowest BCUT2D eigenvalue weighted by Crippen LogP contribution is -2.41. The van der Waals surface area contributed by atoms with Gasteiger partial charge in [0.1, 0.15) is 0 Å². The van der Waals surface area contributed by atoms with Crippen LogP contribution in [0, 0.1) is 0 Å². The van der Waals surface area contributed by atoms with Gasteiger partial charge in [-0.1, -0.05) is 24.3 Å². The van der Waals surface area contributed by atoms with E-state index in [1.54, 1.807) is 23.1 Å². The number of carbonyl (C=O) groups excluding carboxylic acids is 1. The Morgan fingerprint density at radius 1 is 1.25 bits per heavy atom. The second-order valence-electron chi connectivity index (χ2n) is 6.35. The number of nitrogens with zero attached hydrogens (tertiary/aromatic N) is 1. The second-order valence-corrected chi connectivity index (χ2v) is 8.63. The summed E-state index contributed by atoms with van der Waals surface area (Å²) in [6.45, 7) is 2.24. The molecule has 3 heterocycles. The molecule has 1 aromatic heterocycles. The quantitative estimate of drug-likeness (QED) is 0.809. The number of hydrogen-bond donors (Lipinski definition) is 0. The minimum absolute atomic E-state index is 0.00349. The molecule has 0 spiro atoms. The van der Waals surface area contributed by atoms with Crippen molar-refractivity contribution in [2.45, 2.75) is 42.1 Å². The number of thiophene rings is 1. The molecule has 0 bridgehead atoms. The predicted molar refractivity (Wildman–Crippen MR) is 98.5 cm³/mol. The third-order valence-electron chi connectivity index (χ3n) is 4.61. The molecule has 2 aliphatic heterocycles. The lowest BCUT2D eigenvalue weighted by Gasteiger charge is -2.27. The third kappa shape index (κ3) is 3.53. The highest BCUT2D eigenvalue weighted by atomic mass is 32.2. The molecule has 0 radical (unpaired) electrons. The van der Waals surface area contributed by atoms with Crippen LogP contribution in [0.2, 0.25) is 0 Å². The zero-order chi connectivity index (χ0) is 16.4. The summed E-state index contributed by atoms with van der Waals surface area (Å²) >= 11 is 3.43. The van der Waals surface area contributed by atoms with Crippen molar-refractivity contribution in [3.05, 3.63) is 52.2 Å². The van der Waals surface area contributed by atoms with E-state index in [0.717, 1.165) is 25.9 Å². The number of hydrogen-bond acceptors (Lipinski definition) is 4. The first kappa shape index (κ1) is 16.2. The second kappa shape index (κ2) is 7.30. The molecule has 24 heavy (non-hydrogen) atoms. The maximum absolute atomic E-state index is 13.2. The van der Waals surface area contributed by atoms with Crippen LogP contribution in [0.5, 0.6) is 0 Å². The summed E-state index contributed by atoms with van der Waals surface area (Å²) in [5.74, 6) is 0.250. The van der Waals surface area contributed by atoms with E-state index in [1.807, 2.05) is 4.90 Å². The molecule has 0 aliphatic carbocycles. The Hall–Kier alpha value is -1.30. The molecule has 0 N–H and O–H groups in total. The molecule has 2 aliphatic rings. The standard InChI is InChI=1S/C19H21NO2S2/c21-19(18-11-14-5-1-2-8-17(14)24-18)20(12-15-6-3-9-22-15)13-16-7-4-10-23-16/h1-2,4-5,7-8,10,15,18H,3,6,9,11-13H2. The van der Waals surface area contributed by atoms with Gasteiger partial charge < -0.3 is 9.64 Å². The average Bonchev–Trinajstić information content (AvgIpc) is 3.34. The molecule has 4 rings (SSSR count). The van der Waals surface area contributed by atoms with E-state index < -0.39 is 0 Å². The largest absolute Gasteiger partial charge is 0.376 e. The van der Waals surface area contributed by atoms with Gasteiger partial charge >= 0.3 is 0 Å². The molecule has 2 atom stereocenters. The Kier molecular flexibility index (Phi) is 4.92. The van der Waals surface area contributed by atoms with Crippen LogP contribution < -0.4 is 0 Å². The molecule has 0 saturated carbocycles. The normalized spacial score (nSPS) is 22.5. The van der Waals surface area contributed by atoms with E-state index in [4.69, 9.17) is 4.74 Å². The van der Waals surface area contributed by atoms with Crippen LogP contribution in [-0.4, -0.2) is 35.3 Å². The molecule has 2 aromatic rings. The van der Waals surface area contributed by atoms with E-state index >= 15 is 0 Å². The molecule has 1 fully saturated rings. The minimum atomic E-state index is 0.00349. The summed E-state index contributed by atoms with van der Waals surface area (Å²) in [5.41, 5.74) is 1.30. The maximum atomic E-state index is 13.2. The van der Waals surface area contributed by atoms with Crippen molar-refractivity contribution in [1.29, 1.82) is 0 Å². The SMILES string of the molecule is O=C(C1Cc2ccccc2S1)N(Cc1cccs1)CC1CCCO1. The van der Waals surface area contributed by atoms with Gasteiger partial charge in [-0.2, -0.15) is 0 Å². The number of benzene rings is 1. The van der Waals surface area contributed by atoms with Crippen molar-refractivity contribution in [2.75, 3.05) is 13.2 Å². The van der Waals surface area contributed by atoms with E-state index in [9.17, 15) is 4.79 Å². The zero-order valence-corrected chi connectivity index (χ0v) is 15.2. The van der Waals surface area contributed by atoms with Gasteiger partial charge in [-0.25, -0.2) is 0 Å². The number of carbonyl (C=O) groups is 1. The fraction of sp³-hybridized carbons (Fsp3) is 0.421. The molecule has 5 heteroatoms. The molecular weight excluding hydrogens is 338 g/mol. The Labute approximate surface area is 151 Å². The van der Waals surface area contributed by atoms with Crippen LogP contribution in [-0.2, 0) is 22.5 Å². The van der Waals surface area contributed by atoms with E-state index in [1.165, 1.54) is 15.3 Å². The van der Waals surface area contributed by atoms with Gasteiger partial charge in [-0.05, 0) is 42.3 Å². The molecule has 126 valence electrons. The Morgan fingerprint density at radius 3 is 2.92 bits per heavy atom. The van der Waals surface area contributed by atoms with Gasteiger partial charge in [-0.3, -0.25) is 4.79 Å². The summed E-state index contributed by atoms with van der Waals surface area (Å²) < 4.78 is 5.78. The zero-order valence-electron chi connectivity index (χ0n) is 13.5. The summed E-state index contributed by atoms with van der Waals surface area (Å²) in [6.07, 6.45) is 3.20. The van der Waals surface area contributed by atoms with Gasteiger partial charge in [0.2, 0.25) is 5.91 Å². The first-order valence-electron chi connectivity index (χ1n) is 8.47. The molecule has 3 nitrogen and oxygen atoms in total. The summed E-state index contributed by atoms with van der Waals surface area (Å²) in [7, 11) is 0. The van der Waals surface area contributed by atoms with Gasteiger partial charge in [-0.15, -0.1) is 23.1 Å². The number of fused-ring (bicyclic) bond motifs is 1. The molecule has 1 saturated heterocycles. The third-order valence-corrected chi connectivity index (χ3v) is 6.78. The van der Waals surface area contributed by atoms with Gasteiger partial charge in [0.15, 0.2) is 0 Å². The van der Waals surface area contributed by atoms with Crippen LogP contribution in [0.3, 0.4) is 0 Å². The summed E-state index contributed by atoms with van der Waals surface area (Å²) in [5, 5.41) is 2.08. The molecular formula is C19H21NO2S2. The van der Waals surface area contributed by atoms with Crippen molar-refractivity contribution in [2.24, 2.45) is 0 Å². The van der Waals surface area contributed by atoms with Gasteiger partial charge in [0.25, 0.3) is 0 Å². The smallest absolute Gasteiger partial charge is 0.236 e. The minimum Gasteiger partial charge on any atom is -0.376 e. The fourth-order valence-corrected chi connectivity index (χ4v) is 5.38. The highest BCUT2D eigenvalue weighted by molar-refractivity contribution is 8.01. The number of thioether (sulfide) groups is 1. The first-order valence-corrected chi connectivity index (χ1v) is 10.2. The lowest BCUT2D eigenvalue weighted by atomic mass is 10.1. The van der Waals surface area contributed by atoms with Crippen LogP contribution in [0.15, 0.2) is 46.7 Å². The number of amides is 1. The van der Waals surface area contributed by atoms with Gasteiger partial charge in [0, 0.05) is 22.9 Å². The van der Waals surface area contributed by atoms with Crippen molar-refractivity contribution >= 4 is 29.0 Å². The number of ether oxygens (including phenoxy) is 1. The van der Waals surface area contributed by atoms with Crippen LogP contribution in [0.25, 0.3) is 0 Å². The fourth-order valence-electron chi connectivity index (χ4n) is 3.38. The highest BCUT2D eigenvalue weighted by Crippen LogP contribution is 2.38. The van der Waals surface area contributed by atoms with Crippen LogP contribution in [0.1, 0.15) is 23.3 Å². The van der Waals surface area contributed by atoms with Crippen molar-refractivity contribution in [3.63, 3.8) is 0 Å². The Morgan fingerprint density at radius 2 is 2.17 bits per heavy atom. The Bertz CT molecular complexity index is 670. The predicted octanol–water partition coefficient (Wildman–Crippen LogP) is 3.97. The maximum Gasteiger partial charge on any atom is 0.236 e. The van der Waals surface area contributed by atoms with E-state index in [2.05, 4.69) is 41.8 Å². The molecule has 1 aromatic carbocycles. The number of rotatable bonds is 5. The molecule has 2 unspecified atom stereocenters. The van der Waals surface area contributed by atoms with Crippen molar-refractivity contribution in [3.8, 4) is 0 Å². The van der Waals surface area contributed by atoms with E-state index in [0.29, 0.717) is 13.1 Å². The first-order chi connectivity index (χ1) is 11.8. The van der Waals surface area contributed by atoms with Crippen molar-refractivity contribution < 1.29 is 9.53 Å². The van der Waals surface area contributed by atoms with Crippen molar-refractivity contribution in [1.82, 2.24) is 4.90 Å². The van der Waals surface area contributed by atoms with E-state index in [-0.39, 0.29) is 17.3 Å². The van der Waals surface area contributed by atoms with Crippen LogP contribution in [0.4, 0.5) is 0 Å². The highest BCUT2D eigenvalue weighted by Gasteiger charge is 2.33. The average molecular weight is 360 g/mol. The topological polar surface area (TPSA) is 29.5 Å².